The highest BCUT2D eigenvalue weighted by atomic mass is 32.3. The van der Waals surface area contributed by atoms with E-state index in [-0.39, 0.29) is 16.4 Å². The lowest BCUT2D eigenvalue weighted by molar-refractivity contribution is -0.118. The van der Waals surface area contributed by atoms with E-state index in [0.717, 1.165) is 28.8 Å². The molecule has 3 aromatic rings. The number of methoxy groups -OCH3 is 1. The number of thioether (sulfide) groups is 1. The second kappa shape index (κ2) is 13.7. The first-order chi connectivity index (χ1) is 18.5. The Bertz CT molecular complexity index is 1360. The van der Waals surface area contributed by atoms with E-state index in [1.807, 2.05) is 60.5 Å². The normalized spacial score (nSPS) is 14.6. The predicted octanol–water partition coefficient (Wildman–Crippen LogP) is 3.03. The molecule has 2 amide bonds. The summed E-state index contributed by atoms with van der Waals surface area (Å²) in [6.07, 6.45) is 1.96. The van der Waals surface area contributed by atoms with Crippen molar-refractivity contribution in [3.8, 4) is 23.1 Å². The van der Waals surface area contributed by atoms with Gasteiger partial charge in [0.1, 0.15) is 36.0 Å². The fourth-order valence-corrected chi connectivity index (χ4v) is 4.10. The maximum Gasteiger partial charge on any atom is 0.394 e. The Morgan fingerprint density at radius 3 is 2.21 bits per heavy atom. The minimum absolute atomic E-state index is 0.236. The van der Waals surface area contributed by atoms with Gasteiger partial charge in [0.15, 0.2) is 0 Å². The average molecular weight is 579 g/mol. The molecule has 4 rings (SSSR count). The van der Waals surface area contributed by atoms with Crippen molar-refractivity contribution in [2.75, 3.05) is 32.2 Å². The Labute approximate surface area is 229 Å². The van der Waals surface area contributed by atoms with Crippen LogP contribution < -0.4 is 24.4 Å². The van der Waals surface area contributed by atoms with Crippen LogP contribution in [0.5, 0.6) is 23.1 Å². The number of anilines is 1. The molecule has 1 saturated heterocycles. The summed E-state index contributed by atoms with van der Waals surface area (Å²) in [5, 5.41) is 1.64. The molecule has 15 heteroatoms. The summed E-state index contributed by atoms with van der Waals surface area (Å²) in [6.45, 7) is 1.05. The monoisotopic (exact) mass is 578 g/mol. The third-order valence-electron chi connectivity index (χ3n) is 5.11. The lowest BCUT2D eigenvalue weighted by atomic mass is 10.1. The molecule has 0 unspecified atom stereocenters. The maximum absolute atomic E-state index is 11.7. The highest BCUT2D eigenvalue weighted by Gasteiger charge is 2.31. The van der Waals surface area contributed by atoms with Crippen LogP contribution in [-0.2, 0) is 21.6 Å². The molecule has 13 nitrogen and oxygen atoms in total. The van der Waals surface area contributed by atoms with E-state index < -0.39 is 10.4 Å². The summed E-state index contributed by atoms with van der Waals surface area (Å²) >= 11 is 1.03. The van der Waals surface area contributed by atoms with Crippen molar-refractivity contribution in [1.29, 1.82) is 0 Å². The standard InChI is InChI=1S/C24H24N4O5S.H2O4S/c1-28(21-14-22(26-15-25-21)33-19-9-7-17(31-2)8-10-19)11-12-32-18-5-3-16(4-6-18)13-20-23(29)27-24(30)34-20;1-5(2,3)4/h3-10,14-15,20H,11-13H2,1-2H3,(H,27,29,30);(H2,1,2,3,4)/t20-;/m1./s1. The number of imide groups is 1. The smallest absolute Gasteiger partial charge is 0.394 e. The van der Waals surface area contributed by atoms with Gasteiger partial charge in [0.25, 0.3) is 5.24 Å². The van der Waals surface area contributed by atoms with Gasteiger partial charge in [-0.1, -0.05) is 23.9 Å². The molecule has 208 valence electrons. The van der Waals surface area contributed by atoms with E-state index in [9.17, 15) is 9.59 Å². The van der Waals surface area contributed by atoms with Gasteiger partial charge in [-0.05, 0) is 48.4 Å². The van der Waals surface area contributed by atoms with Gasteiger partial charge in [0.2, 0.25) is 11.8 Å². The zero-order valence-corrected chi connectivity index (χ0v) is 22.5. The fraction of sp³-hybridized carbons (Fsp3) is 0.250. The number of nitrogens with zero attached hydrogens (tertiary/aromatic N) is 3. The highest BCUT2D eigenvalue weighted by molar-refractivity contribution is 8.15. The first kappa shape index (κ1) is 29.6. The molecule has 1 aliphatic heterocycles. The molecule has 2 heterocycles. The molecule has 1 aliphatic rings. The number of hydrogen-bond donors (Lipinski definition) is 3. The average Bonchev–Trinajstić information content (AvgIpc) is 3.20. The van der Waals surface area contributed by atoms with E-state index in [2.05, 4.69) is 15.3 Å². The van der Waals surface area contributed by atoms with Gasteiger partial charge in [-0.25, -0.2) is 9.97 Å². The van der Waals surface area contributed by atoms with Crippen LogP contribution in [0.3, 0.4) is 0 Å². The second-order valence-corrected chi connectivity index (χ2v) is 10.0. The number of rotatable bonds is 10. The number of carbonyl (C=O) groups is 2. The molecule has 2 aromatic carbocycles. The highest BCUT2D eigenvalue weighted by Crippen LogP contribution is 2.25. The first-order valence-electron chi connectivity index (χ1n) is 11.3. The number of likely N-dealkylation sites (N-methyl/N-ethyl adjacent to an activating group) is 1. The van der Waals surface area contributed by atoms with Crippen molar-refractivity contribution in [3.63, 3.8) is 0 Å². The Hall–Kier alpha value is -3.92. The van der Waals surface area contributed by atoms with Gasteiger partial charge in [0, 0.05) is 13.1 Å². The predicted molar refractivity (Wildman–Crippen MR) is 143 cm³/mol. The Balaban J connectivity index is 0.000000771. The van der Waals surface area contributed by atoms with Crippen molar-refractivity contribution < 1.29 is 41.3 Å². The number of amides is 2. The summed E-state index contributed by atoms with van der Waals surface area (Å²) in [7, 11) is -1.14. The van der Waals surface area contributed by atoms with E-state index in [0.29, 0.717) is 37.0 Å². The minimum atomic E-state index is -4.67. The van der Waals surface area contributed by atoms with Crippen LogP contribution in [0.1, 0.15) is 5.56 Å². The third-order valence-corrected chi connectivity index (χ3v) is 6.09. The Morgan fingerprint density at radius 2 is 1.62 bits per heavy atom. The molecular weight excluding hydrogens is 552 g/mol. The molecule has 39 heavy (non-hydrogen) atoms. The number of benzene rings is 2. The van der Waals surface area contributed by atoms with Crippen LogP contribution in [0.25, 0.3) is 0 Å². The molecule has 1 atom stereocenters. The molecule has 0 spiro atoms. The van der Waals surface area contributed by atoms with Gasteiger partial charge in [0.05, 0.1) is 18.9 Å². The van der Waals surface area contributed by atoms with Crippen LogP contribution >= 0.6 is 11.8 Å². The van der Waals surface area contributed by atoms with Crippen LogP contribution in [0.4, 0.5) is 10.6 Å². The van der Waals surface area contributed by atoms with Crippen molar-refractivity contribution >= 4 is 39.1 Å². The summed E-state index contributed by atoms with van der Waals surface area (Å²) < 4.78 is 48.4. The number of aromatic nitrogens is 2. The van der Waals surface area contributed by atoms with E-state index >= 15 is 0 Å². The summed E-state index contributed by atoms with van der Waals surface area (Å²) in [5.41, 5.74) is 0.970. The fourth-order valence-electron chi connectivity index (χ4n) is 3.24. The lowest BCUT2D eigenvalue weighted by Crippen LogP contribution is -2.25. The van der Waals surface area contributed by atoms with Crippen LogP contribution in [0, 0.1) is 0 Å². The lowest BCUT2D eigenvalue weighted by Gasteiger charge is -2.18. The second-order valence-electron chi connectivity index (χ2n) is 7.94. The van der Waals surface area contributed by atoms with Gasteiger partial charge >= 0.3 is 10.4 Å². The third kappa shape index (κ3) is 10.4. The van der Waals surface area contributed by atoms with E-state index in [1.165, 1.54) is 6.33 Å². The molecule has 0 bridgehead atoms. The van der Waals surface area contributed by atoms with Gasteiger partial charge in [-0.15, -0.1) is 0 Å². The number of nitrogens with one attached hydrogen (secondary N) is 1. The van der Waals surface area contributed by atoms with Gasteiger partial charge in [-0.2, -0.15) is 8.42 Å². The molecule has 3 N–H and O–H groups in total. The quantitative estimate of drug-likeness (QED) is 0.299. The van der Waals surface area contributed by atoms with Crippen molar-refractivity contribution in [1.82, 2.24) is 15.3 Å². The van der Waals surface area contributed by atoms with Gasteiger partial charge < -0.3 is 19.1 Å². The summed E-state index contributed by atoms with van der Waals surface area (Å²) in [4.78, 5) is 33.4. The van der Waals surface area contributed by atoms with Crippen LogP contribution in [0.2, 0.25) is 0 Å². The largest absolute Gasteiger partial charge is 0.497 e. The zero-order valence-electron chi connectivity index (χ0n) is 20.9. The number of ether oxygens (including phenoxy) is 3. The molecule has 1 fully saturated rings. The Morgan fingerprint density at radius 1 is 1.00 bits per heavy atom. The zero-order chi connectivity index (χ0) is 28.4. The van der Waals surface area contributed by atoms with Crippen molar-refractivity contribution in [2.45, 2.75) is 11.7 Å². The molecule has 1 aromatic heterocycles. The number of carbonyl (C=O) groups excluding carboxylic acids is 2. The topological polar surface area (TPSA) is 177 Å². The van der Waals surface area contributed by atoms with E-state index in [1.54, 1.807) is 13.2 Å². The molecule has 0 radical (unpaired) electrons. The molecule has 0 saturated carbocycles. The first-order valence-corrected chi connectivity index (χ1v) is 13.6. The maximum atomic E-state index is 11.7. The summed E-state index contributed by atoms with van der Waals surface area (Å²) in [6, 6.07) is 16.6. The van der Waals surface area contributed by atoms with Crippen LogP contribution in [0.15, 0.2) is 60.9 Å². The molecule has 0 aliphatic carbocycles. The minimum Gasteiger partial charge on any atom is -0.497 e. The number of hydrogen-bond acceptors (Lipinski definition) is 11. The van der Waals surface area contributed by atoms with Crippen molar-refractivity contribution in [3.05, 3.63) is 66.5 Å². The SMILES string of the molecule is COc1ccc(Oc2cc(N(C)CCOc3ccc(C[C@H]4SC(=O)NC4=O)cc3)ncn2)cc1.O=S(=O)(O)O. The van der Waals surface area contributed by atoms with Gasteiger partial charge in [-0.3, -0.25) is 24.0 Å². The van der Waals surface area contributed by atoms with Crippen LogP contribution in [-0.4, -0.2) is 71.2 Å². The van der Waals surface area contributed by atoms with Crippen molar-refractivity contribution in [2.24, 2.45) is 0 Å². The van der Waals surface area contributed by atoms with E-state index in [4.69, 9.17) is 31.7 Å². The Kier molecular flexibility index (Phi) is 10.4. The molecular formula is C24H26N4O9S2. The summed E-state index contributed by atoms with van der Waals surface area (Å²) in [5.74, 6) is 3.04.